The van der Waals surface area contributed by atoms with Gasteiger partial charge in [0.1, 0.15) is 0 Å². The molecule has 0 radical (unpaired) electrons. The fourth-order valence-corrected chi connectivity index (χ4v) is 1.75. The molecule has 0 unspecified atom stereocenters. The molecule has 2 aromatic rings. The van der Waals surface area contributed by atoms with Crippen molar-refractivity contribution >= 4 is 0 Å². The van der Waals surface area contributed by atoms with Gasteiger partial charge in [0.25, 0.3) is 0 Å². The van der Waals surface area contributed by atoms with Crippen LogP contribution in [0, 0.1) is 11.3 Å². The molecule has 0 fully saturated rings. The van der Waals surface area contributed by atoms with Crippen LogP contribution in [0.3, 0.4) is 0 Å². The van der Waals surface area contributed by atoms with Gasteiger partial charge in [0.15, 0.2) is 11.5 Å². The summed E-state index contributed by atoms with van der Waals surface area (Å²) in [5.41, 5.74) is 2.71. The molecule has 18 heavy (non-hydrogen) atoms. The number of ether oxygens (including phenoxy) is 2. The van der Waals surface area contributed by atoms with Crippen molar-refractivity contribution in [3.63, 3.8) is 0 Å². The van der Waals surface area contributed by atoms with E-state index >= 15 is 0 Å². The van der Waals surface area contributed by atoms with Crippen LogP contribution in [-0.2, 0) is 0 Å². The topological polar surface area (TPSA) is 42.2 Å². The summed E-state index contributed by atoms with van der Waals surface area (Å²) in [6.07, 6.45) is 0. The third-order valence-corrected chi connectivity index (χ3v) is 2.73. The van der Waals surface area contributed by atoms with E-state index in [9.17, 15) is 0 Å². The molecule has 0 atom stereocenters. The number of benzene rings is 2. The first-order valence-electron chi connectivity index (χ1n) is 5.51. The van der Waals surface area contributed by atoms with Crippen molar-refractivity contribution in [1.82, 2.24) is 0 Å². The second-order valence-corrected chi connectivity index (χ2v) is 3.76. The second kappa shape index (κ2) is 5.24. The summed E-state index contributed by atoms with van der Waals surface area (Å²) in [7, 11) is 3.22. The van der Waals surface area contributed by atoms with Crippen LogP contribution in [0.15, 0.2) is 42.5 Å². The van der Waals surface area contributed by atoms with Crippen molar-refractivity contribution in [3.05, 3.63) is 48.0 Å². The Kier molecular flexibility index (Phi) is 3.49. The molecule has 0 aliphatic heterocycles. The molecular formula is C15H13NO2. The van der Waals surface area contributed by atoms with E-state index in [2.05, 4.69) is 6.07 Å². The summed E-state index contributed by atoms with van der Waals surface area (Å²) in [6.45, 7) is 0. The molecule has 0 saturated carbocycles. The molecule has 3 nitrogen and oxygen atoms in total. The highest BCUT2D eigenvalue weighted by Gasteiger charge is 2.05. The smallest absolute Gasteiger partial charge is 0.161 e. The minimum Gasteiger partial charge on any atom is -0.493 e. The minimum absolute atomic E-state index is 0.652. The van der Waals surface area contributed by atoms with E-state index in [1.54, 1.807) is 26.4 Å². The van der Waals surface area contributed by atoms with E-state index in [0.717, 1.165) is 11.1 Å². The molecular weight excluding hydrogens is 226 g/mol. The molecule has 0 saturated heterocycles. The molecule has 0 spiro atoms. The van der Waals surface area contributed by atoms with Gasteiger partial charge in [-0.1, -0.05) is 18.2 Å². The molecule has 0 heterocycles. The van der Waals surface area contributed by atoms with Gasteiger partial charge in [0.2, 0.25) is 0 Å². The number of hydrogen-bond acceptors (Lipinski definition) is 3. The summed E-state index contributed by atoms with van der Waals surface area (Å²) >= 11 is 0. The summed E-state index contributed by atoms with van der Waals surface area (Å²) in [6, 6.07) is 15.3. The predicted octanol–water partition coefficient (Wildman–Crippen LogP) is 3.24. The Balaban J connectivity index is 2.41. The van der Waals surface area contributed by atoms with Gasteiger partial charge >= 0.3 is 0 Å². The van der Waals surface area contributed by atoms with E-state index in [1.165, 1.54) is 0 Å². The molecule has 0 N–H and O–H groups in total. The van der Waals surface area contributed by atoms with Crippen molar-refractivity contribution in [2.24, 2.45) is 0 Å². The first-order valence-corrected chi connectivity index (χ1v) is 5.51. The maximum absolute atomic E-state index is 8.76. The van der Waals surface area contributed by atoms with Gasteiger partial charge in [0, 0.05) is 0 Å². The minimum atomic E-state index is 0.652. The van der Waals surface area contributed by atoms with Crippen LogP contribution >= 0.6 is 0 Å². The van der Waals surface area contributed by atoms with Gasteiger partial charge in [-0.05, 0) is 35.4 Å². The number of methoxy groups -OCH3 is 2. The SMILES string of the molecule is COc1ccc(-c2ccc(C#N)cc2)cc1OC. The van der Waals surface area contributed by atoms with Crippen LogP contribution in [0.25, 0.3) is 11.1 Å². The average molecular weight is 239 g/mol. The maximum atomic E-state index is 8.76. The van der Waals surface area contributed by atoms with Gasteiger partial charge < -0.3 is 9.47 Å². The molecule has 90 valence electrons. The van der Waals surface area contributed by atoms with Gasteiger partial charge in [-0.2, -0.15) is 5.26 Å². The predicted molar refractivity (Wildman–Crippen MR) is 69.7 cm³/mol. The number of rotatable bonds is 3. The van der Waals surface area contributed by atoms with E-state index in [4.69, 9.17) is 14.7 Å². The summed E-state index contributed by atoms with van der Waals surface area (Å²) in [4.78, 5) is 0. The van der Waals surface area contributed by atoms with Crippen LogP contribution in [0.1, 0.15) is 5.56 Å². The zero-order valence-corrected chi connectivity index (χ0v) is 10.3. The van der Waals surface area contributed by atoms with Gasteiger partial charge in [-0.3, -0.25) is 0 Å². The van der Waals surface area contributed by atoms with Gasteiger partial charge in [0.05, 0.1) is 25.9 Å². The van der Waals surface area contributed by atoms with E-state index in [1.807, 2.05) is 30.3 Å². The zero-order chi connectivity index (χ0) is 13.0. The van der Waals surface area contributed by atoms with E-state index < -0.39 is 0 Å². The van der Waals surface area contributed by atoms with Crippen molar-refractivity contribution < 1.29 is 9.47 Å². The Morgan fingerprint density at radius 1 is 0.833 bits per heavy atom. The van der Waals surface area contributed by atoms with Gasteiger partial charge in [-0.25, -0.2) is 0 Å². The molecule has 0 aromatic heterocycles. The highest BCUT2D eigenvalue weighted by molar-refractivity contribution is 5.67. The number of nitrogens with zero attached hydrogens (tertiary/aromatic N) is 1. The number of hydrogen-bond donors (Lipinski definition) is 0. The molecule has 0 aliphatic rings. The van der Waals surface area contributed by atoms with Crippen LogP contribution in [0.2, 0.25) is 0 Å². The molecule has 0 aliphatic carbocycles. The molecule has 3 heteroatoms. The maximum Gasteiger partial charge on any atom is 0.161 e. The van der Waals surface area contributed by atoms with Crippen LogP contribution < -0.4 is 9.47 Å². The van der Waals surface area contributed by atoms with Crippen LogP contribution in [-0.4, -0.2) is 14.2 Å². The highest BCUT2D eigenvalue weighted by Crippen LogP contribution is 2.32. The lowest BCUT2D eigenvalue weighted by molar-refractivity contribution is 0.355. The summed E-state index contributed by atoms with van der Waals surface area (Å²) in [5.74, 6) is 1.40. The van der Waals surface area contributed by atoms with Crippen LogP contribution in [0.5, 0.6) is 11.5 Å². The monoisotopic (exact) mass is 239 g/mol. The Morgan fingerprint density at radius 2 is 1.44 bits per heavy atom. The zero-order valence-electron chi connectivity index (χ0n) is 10.3. The second-order valence-electron chi connectivity index (χ2n) is 3.76. The Bertz CT molecular complexity index is 582. The molecule has 2 rings (SSSR count). The molecule has 0 bridgehead atoms. The lowest BCUT2D eigenvalue weighted by atomic mass is 10.0. The normalized spacial score (nSPS) is 9.61. The van der Waals surface area contributed by atoms with E-state index in [-0.39, 0.29) is 0 Å². The highest BCUT2D eigenvalue weighted by atomic mass is 16.5. The lowest BCUT2D eigenvalue weighted by Gasteiger charge is -2.09. The number of nitriles is 1. The molecule has 2 aromatic carbocycles. The standard InChI is InChI=1S/C15H13NO2/c1-17-14-8-7-13(9-15(14)18-2)12-5-3-11(10-16)4-6-12/h3-9H,1-2H3. The summed E-state index contributed by atoms with van der Waals surface area (Å²) in [5, 5.41) is 8.76. The average Bonchev–Trinajstić information content (AvgIpc) is 2.46. The third-order valence-electron chi connectivity index (χ3n) is 2.73. The summed E-state index contributed by atoms with van der Waals surface area (Å²) < 4.78 is 10.5. The Morgan fingerprint density at radius 3 is 2.00 bits per heavy atom. The fourth-order valence-electron chi connectivity index (χ4n) is 1.75. The molecule has 0 amide bonds. The van der Waals surface area contributed by atoms with Crippen molar-refractivity contribution in [2.45, 2.75) is 0 Å². The van der Waals surface area contributed by atoms with Crippen molar-refractivity contribution in [2.75, 3.05) is 14.2 Å². The first-order chi connectivity index (χ1) is 8.78. The third kappa shape index (κ3) is 2.28. The Hall–Kier alpha value is -2.47. The van der Waals surface area contributed by atoms with Crippen molar-refractivity contribution in [1.29, 1.82) is 5.26 Å². The van der Waals surface area contributed by atoms with Gasteiger partial charge in [-0.15, -0.1) is 0 Å². The lowest BCUT2D eigenvalue weighted by Crippen LogP contribution is -1.90. The van der Waals surface area contributed by atoms with E-state index in [0.29, 0.717) is 17.1 Å². The fraction of sp³-hybridized carbons (Fsp3) is 0.133. The first kappa shape index (κ1) is 12.0. The van der Waals surface area contributed by atoms with Crippen molar-refractivity contribution in [3.8, 4) is 28.7 Å². The Labute approximate surface area is 106 Å². The van der Waals surface area contributed by atoms with Crippen LogP contribution in [0.4, 0.5) is 0 Å². The quantitative estimate of drug-likeness (QED) is 0.825. The largest absolute Gasteiger partial charge is 0.493 e.